The number of anilines is 2. The van der Waals surface area contributed by atoms with Crippen molar-refractivity contribution in [3.05, 3.63) is 47.7 Å². The van der Waals surface area contributed by atoms with Gasteiger partial charge in [0.1, 0.15) is 23.0 Å². The molecule has 0 atom stereocenters. The zero-order chi connectivity index (χ0) is 19.5. The molecule has 0 saturated carbocycles. The molecule has 4 rings (SSSR count). The summed E-state index contributed by atoms with van der Waals surface area (Å²) in [4.78, 5) is 27.1. The van der Waals surface area contributed by atoms with Gasteiger partial charge in [0.25, 0.3) is 5.91 Å². The molecule has 0 N–H and O–H groups in total. The average molecular weight is 389 g/mol. The number of aromatic nitrogens is 2. The molecule has 0 aliphatic carbocycles. The van der Waals surface area contributed by atoms with Crippen molar-refractivity contribution in [2.24, 2.45) is 0 Å². The van der Waals surface area contributed by atoms with Gasteiger partial charge in [-0.15, -0.1) is 0 Å². The number of ether oxygens (including phenoxy) is 1. The molecule has 148 valence electrons. The number of carbonyl (C=O) groups excluding carboxylic acids is 1. The number of rotatable bonds is 3. The molecule has 2 aromatic rings. The first-order valence-corrected chi connectivity index (χ1v) is 9.27. The highest BCUT2D eigenvalue weighted by Crippen LogP contribution is 2.20. The molecule has 0 unspecified atom stereocenters. The highest BCUT2D eigenvalue weighted by molar-refractivity contribution is 5.95. The summed E-state index contributed by atoms with van der Waals surface area (Å²) in [7, 11) is 0. The Morgan fingerprint density at radius 1 is 0.929 bits per heavy atom. The van der Waals surface area contributed by atoms with E-state index in [9.17, 15) is 13.6 Å². The van der Waals surface area contributed by atoms with Crippen LogP contribution in [0.15, 0.2) is 30.5 Å². The van der Waals surface area contributed by atoms with E-state index in [1.807, 2.05) is 11.0 Å². The molecule has 1 amide bonds. The van der Waals surface area contributed by atoms with Gasteiger partial charge < -0.3 is 19.4 Å². The maximum Gasteiger partial charge on any atom is 0.259 e. The lowest BCUT2D eigenvalue weighted by molar-refractivity contribution is 0.0736. The van der Waals surface area contributed by atoms with Gasteiger partial charge in [0, 0.05) is 45.5 Å². The fourth-order valence-electron chi connectivity index (χ4n) is 3.43. The van der Waals surface area contributed by atoms with Crippen molar-refractivity contribution >= 4 is 17.7 Å². The van der Waals surface area contributed by atoms with Crippen LogP contribution in [0.1, 0.15) is 10.4 Å². The molecule has 28 heavy (non-hydrogen) atoms. The minimum atomic E-state index is -0.835. The molecule has 2 saturated heterocycles. The Balaban J connectivity index is 1.42. The summed E-state index contributed by atoms with van der Waals surface area (Å²) < 4.78 is 33.1. The number of benzene rings is 1. The van der Waals surface area contributed by atoms with E-state index in [1.165, 1.54) is 11.0 Å². The third-order valence-corrected chi connectivity index (χ3v) is 4.99. The highest BCUT2D eigenvalue weighted by Gasteiger charge is 2.27. The molecule has 2 fully saturated rings. The van der Waals surface area contributed by atoms with E-state index in [0.29, 0.717) is 45.3 Å². The Labute approximate surface area is 161 Å². The van der Waals surface area contributed by atoms with Crippen molar-refractivity contribution in [3.8, 4) is 0 Å². The molecule has 0 spiro atoms. The summed E-state index contributed by atoms with van der Waals surface area (Å²) in [5, 5.41) is 0. The predicted octanol–water partition coefficient (Wildman–Crippen LogP) is 1.55. The van der Waals surface area contributed by atoms with Crippen LogP contribution in [0.3, 0.4) is 0 Å². The number of carbonyl (C=O) groups is 1. The zero-order valence-electron chi connectivity index (χ0n) is 15.4. The van der Waals surface area contributed by atoms with Gasteiger partial charge in [-0.1, -0.05) is 6.07 Å². The quantitative estimate of drug-likeness (QED) is 0.794. The molecule has 7 nitrogen and oxygen atoms in total. The van der Waals surface area contributed by atoms with Crippen LogP contribution in [0.5, 0.6) is 0 Å². The Morgan fingerprint density at radius 2 is 1.61 bits per heavy atom. The predicted molar refractivity (Wildman–Crippen MR) is 99.5 cm³/mol. The fourth-order valence-corrected chi connectivity index (χ4v) is 3.43. The van der Waals surface area contributed by atoms with Gasteiger partial charge >= 0.3 is 0 Å². The normalized spacial score (nSPS) is 17.7. The molecule has 1 aromatic heterocycles. The van der Waals surface area contributed by atoms with Gasteiger partial charge in [-0.05, 0) is 18.2 Å². The Bertz CT molecular complexity index is 832. The average Bonchev–Trinajstić information content (AvgIpc) is 2.74. The smallest absolute Gasteiger partial charge is 0.259 e. The lowest BCUT2D eigenvalue weighted by Crippen LogP contribution is -2.49. The van der Waals surface area contributed by atoms with Crippen LogP contribution in [0.2, 0.25) is 0 Å². The number of morpholine rings is 1. The van der Waals surface area contributed by atoms with Gasteiger partial charge in [-0.25, -0.2) is 13.8 Å². The maximum absolute atomic E-state index is 13.9. The van der Waals surface area contributed by atoms with E-state index in [1.54, 1.807) is 6.20 Å². The second-order valence-corrected chi connectivity index (χ2v) is 6.69. The third-order valence-electron chi connectivity index (χ3n) is 4.99. The van der Waals surface area contributed by atoms with Gasteiger partial charge in [0.05, 0.1) is 13.2 Å². The molecule has 2 aliphatic rings. The van der Waals surface area contributed by atoms with Gasteiger partial charge in [0.15, 0.2) is 0 Å². The summed E-state index contributed by atoms with van der Waals surface area (Å²) in [6, 6.07) is 5.28. The first-order chi connectivity index (χ1) is 13.6. The van der Waals surface area contributed by atoms with E-state index >= 15 is 0 Å². The molecular weight excluding hydrogens is 368 g/mol. The Kier molecular flexibility index (Phi) is 5.34. The molecule has 3 heterocycles. The lowest BCUT2D eigenvalue weighted by atomic mass is 10.1. The van der Waals surface area contributed by atoms with E-state index in [-0.39, 0.29) is 0 Å². The number of hydrogen-bond acceptors (Lipinski definition) is 6. The lowest BCUT2D eigenvalue weighted by Gasteiger charge is -2.36. The van der Waals surface area contributed by atoms with E-state index in [0.717, 1.165) is 31.0 Å². The molecule has 2 aliphatic heterocycles. The minimum absolute atomic E-state index is 0.365. The third kappa shape index (κ3) is 3.75. The van der Waals surface area contributed by atoms with Crippen LogP contribution in [-0.2, 0) is 4.74 Å². The summed E-state index contributed by atoms with van der Waals surface area (Å²) >= 11 is 0. The molecule has 1 aromatic carbocycles. The summed E-state index contributed by atoms with van der Waals surface area (Å²) in [5.74, 6) is -0.850. The molecule has 9 heteroatoms. The number of halogens is 2. The first-order valence-electron chi connectivity index (χ1n) is 9.27. The van der Waals surface area contributed by atoms with Crippen molar-refractivity contribution in [2.75, 3.05) is 62.3 Å². The van der Waals surface area contributed by atoms with Crippen LogP contribution in [-0.4, -0.2) is 73.3 Å². The van der Waals surface area contributed by atoms with Crippen LogP contribution in [0.25, 0.3) is 0 Å². The van der Waals surface area contributed by atoms with Crippen LogP contribution >= 0.6 is 0 Å². The van der Waals surface area contributed by atoms with Gasteiger partial charge in [-0.3, -0.25) is 4.79 Å². The van der Waals surface area contributed by atoms with Crippen molar-refractivity contribution in [1.82, 2.24) is 14.9 Å². The van der Waals surface area contributed by atoms with Gasteiger partial charge in [-0.2, -0.15) is 4.98 Å². The van der Waals surface area contributed by atoms with Crippen LogP contribution < -0.4 is 9.80 Å². The van der Waals surface area contributed by atoms with E-state index < -0.39 is 23.1 Å². The number of hydrogen-bond donors (Lipinski definition) is 0. The molecule has 0 radical (unpaired) electrons. The SMILES string of the molecule is O=C(c1c(F)cccc1F)N1CCN(c2ccnc(N3CCOCC3)n2)CC1. The van der Waals surface area contributed by atoms with Gasteiger partial charge in [0.2, 0.25) is 5.95 Å². The zero-order valence-corrected chi connectivity index (χ0v) is 15.4. The van der Waals surface area contributed by atoms with Crippen LogP contribution in [0, 0.1) is 11.6 Å². The summed E-state index contributed by atoms with van der Waals surface area (Å²) in [5.41, 5.74) is -0.493. The largest absolute Gasteiger partial charge is 0.378 e. The maximum atomic E-state index is 13.9. The second kappa shape index (κ2) is 8.05. The van der Waals surface area contributed by atoms with E-state index in [2.05, 4.69) is 14.9 Å². The van der Waals surface area contributed by atoms with Crippen molar-refractivity contribution in [3.63, 3.8) is 0 Å². The molecular formula is C19H21F2N5O2. The monoisotopic (exact) mass is 389 g/mol. The summed E-state index contributed by atoms with van der Waals surface area (Å²) in [6.07, 6.45) is 1.72. The van der Waals surface area contributed by atoms with Crippen molar-refractivity contribution < 1.29 is 18.3 Å². The standard InChI is InChI=1S/C19H21F2N5O2/c20-14-2-1-3-15(21)17(14)18(27)25-8-6-24(7-9-25)16-4-5-22-19(23-16)26-10-12-28-13-11-26/h1-5H,6-13H2. The number of piperazine rings is 1. The van der Waals surface area contributed by atoms with Crippen molar-refractivity contribution in [1.29, 1.82) is 0 Å². The number of nitrogens with zero attached hydrogens (tertiary/aromatic N) is 5. The number of amides is 1. The Hall–Kier alpha value is -2.81. The van der Waals surface area contributed by atoms with Crippen LogP contribution in [0.4, 0.5) is 20.5 Å². The molecule has 0 bridgehead atoms. The first kappa shape index (κ1) is 18.5. The topological polar surface area (TPSA) is 61.8 Å². The summed E-state index contributed by atoms with van der Waals surface area (Å²) in [6.45, 7) is 4.59. The second-order valence-electron chi connectivity index (χ2n) is 6.69. The fraction of sp³-hybridized carbons (Fsp3) is 0.421. The van der Waals surface area contributed by atoms with E-state index in [4.69, 9.17) is 4.74 Å². The highest BCUT2D eigenvalue weighted by atomic mass is 19.1. The van der Waals surface area contributed by atoms with Crippen molar-refractivity contribution in [2.45, 2.75) is 0 Å². The minimum Gasteiger partial charge on any atom is -0.378 e. The Morgan fingerprint density at radius 3 is 2.29 bits per heavy atom.